The van der Waals surface area contributed by atoms with Gasteiger partial charge in [0, 0.05) is 25.8 Å². The number of piperidine rings is 1. The van der Waals surface area contributed by atoms with Crippen LogP contribution in [0.5, 0.6) is 0 Å². The number of imidazole rings is 1. The van der Waals surface area contributed by atoms with Crippen LogP contribution in [0, 0.1) is 5.92 Å². The number of hydrogen-bond acceptors (Lipinski definition) is 6. The van der Waals surface area contributed by atoms with Gasteiger partial charge in [-0.2, -0.15) is 5.10 Å². The molecule has 9 nitrogen and oxygen atoms in total. The number of fused-ring (bicyclic) bond motifs is 2. The zero-order chi connectivity index (χ0) is 17.5. The first kappa shape index (κ1) is 15.1. The number of hydrogen-bond donors (Lipinski definition) is 2. The molecule has 0 unspecified atom stereocenters. The summed E-state index contributed by atoms with van der Waals surface area (Å²) in [6.45, 7) is 2.48. The molecule has 0 aromatic carbocycles. The van der Waals surface area contributed by atoms with Crippen LogP contribution in [0.1, 0.15) is 12.8 Å². The predicted octanol–water partition coefficient (Wildman–Crippen LogP) is 1.31. The van der Waals surface area contributed by atoms with Crippen molar-refractivity contribution in [3.8, 4) is 0 Å². The van der Waals surface area contributed by atoms with Crippen molar-refractivity contribution < 1.29 is 0 Å². The number of rotatable bonds is 3. The third-order valence-electron chi connectivity index (χ3n) is 5.11. The third-order valence-corrected chi connectivity index (χ3v) is 5.11. The lowest BCUT2D eigenvalue weighted by molar-refractivity contribution is 0.356. The molecule has 0 bridgehead atoms. The van der Waals surface area contributed by atoms with E-state index in [1.165, 1.54) is 0 Å². The summed E-state index contributed by atoms with van der Waals surface area (Å²) in [4.78, 5) is 30.4. The summed E-state index contributed by atoms with van der Waals surface area (Å²) in [7, 11) is 0. The molecule has 4 aromatic rings. The van der Waals surface area contributed by atoms with Crippen molar-refractivity contribution in [3.63, 3.8) is 0 Å². The van der Waals surface area contributed by atoms with Crippen molar-refractivity contribution in [2.24, 2.45) is 5.92 Å². The van der Waals surface area contributed by atoms with Crippen molar-refractivity contribution in [3.05, 3.63) is 41.3 Å². The molecule has 132 valence electrons. The topological polar surface area (TPSA) is 108 Å². The van der Waals surface area contributed by atoms with Crippen LogP contribution in [-0.2, 0) is 6.54 Å². The highest BCUT2D eigenvalue weighted by Gasteiger charge is 2.23. The van der Waals surface area contributed by atoms with Crippen molar-refractivity contribution in [2.75, 3.05) is 18.0 Å². The van der Waals surface area contributed by atoms with Crippen molar-refractivity contribution in [2.45, 2.75) is 19.4 Å². The Bertz CT molecular complexity index is 1120. The number of anilines is 1. The van der Waals surface area contributed by atoms with Crippen LogP contribution in [0.3, 0.4) is 0 Å². The highest BCUT2D eigenvalue weighted by atomic mass is 16.1. The zero-order valence-electron chi connectivity index (χ0n) is 14.1. The van der Waals surface area contributed by atoms with Crippen LogP contribution in [-0.4, -0.2) is 47.8 Å². The summed E-state index contributed by atoms with van der Waals surface area (Å²) >= 11 is 0. The van der Waals surface area contributed by atoms with Crippen molar-refractivity contribution in [1.29, 1.82) is 0 Å². The van der Waals surface area contributed by atoms with Crippen LogP contribution in [0.4, 0.5) is 5.82 Å². The summed E-state index contributed by atoms with van der Waals surface area (Å²) < 4.78 is 1.76. The summed E-state index contributed by atoms with van der Waals surface area (Å²) in [5, 5.41) is 7.89. The lowest BCUT2D eigenvalue weighted by Gasteiger charge is -2.33. The Hall–Kier alpha value is -3.23. The van der Waals surface area contributed by atoms with Crippen molar-refractivity contribution in [1.82, 2.24) is 34.7 Å². The van der Waals surface area contributed by atoms with Gasteiger partial charge in [-0.3, -0.25) is 9.67 Å². The SMILES string of the molecule is O=c1[nH]c2cccnc2n1CC1CCN(c2ncnc3[nH]ncc23)CC1. The minimum absolute atomic E-state index is 0.0861. The fraction of sp³-hybridized carbons (Fsp3) is 0.353. The third kappa shape index (κ3) is 2.43. The van der Waals surface area contributed by atoms with Crippen LogP contribution < -0.4 is 10.6 Å². The number of aromatic nitrogens is 7. The standard InChI is InChI=1S/C17H18N8O/c26-17-22-13-2-1-5-18-16(13)25(17)9-11-3-6-24(7-4-11)15-12-8-21-23-14(12)19-10-20-15/h1-2,5,8,10-11H,3-4,6-7,9H2,(H,22,26)(H,19,20,21,23). The van der Waals surface area contributed by atoms with E-state index in [1.54, 1.807) is 23.3 Å². The Morgan fingerprint density at radius 1 is 1.19 bits per heavy atom. The van der Waals surface area contributed by atoms with E-state index in [0.29, 0.717) is 12.5 Å². The van der Waals surface area contributed by atoms with E-state index in [9.17, 15) is 4.79 Å². The monoisotopic (exact) mass is 350 g/mol. The van der Waals surface area contributed by atoms with Gasteiger partial charge in [-0.25, -0.2) is 19.7 Å². The first-order valence-corrected chi connectivity index (χ1v) is 8.72. The molecule has 4 aromatic heterocycles. The highest BCUT2D eigenvalue weighted by Crippen LogP contribution is 2.27. The molecule has 0 saturated carbocycles. The van der Waals surface area contributed by atoms with E-state index in [-0.39, 0.29) is 5.69 Å². The van der Waals surface area contributed by atoms with Crippen molar-refractivity contribution >= 4 is 28.0 Å². The average molecular weight is 350 g/mol. The maximum Gasteiger partial charge on any atom is 0.327 e. The molecule has 26 heavy (non-hydrogen) atoms. The molecular weight excluding hydrogens is 332 g/mol. The largest absolute Gasteiger partial charge is 0.356 e. The fourth-order valence-corrected chi connectivity index (χ4v) is 3.75. The van der Waals surface area contributed by atoms with Gasteiger partial charge < -0.3 is 9.88 Å². The quantitative estimate of drug-likeness (QED) is 0.577. The molecule has 1 saturated heterocycles. The fourth-order valence-electron chi connectivity index (χ4n) is 3.75. The van der Waals surface area contributed by atoms with E-state index in [0.717, 1.165) is 53.9 Å². The second kappa shape index (κ2) is 5.94. The lowest BCUT2D eigenvalue weighted by atomic mass is 9.96. The van der Waals surface area contributed by atoms with Gasteiger partial charge >= 0.3 is 5.69 Å². The number of nitrogens with one attached hydrogen (secondary N) is 2. The van der Waals surface area contributed by atoms with Gasteiger partial charge in [-0.05, 0) is 30.9 Å². The maximum atomic E-state index is 12.2. The Morgan fingerprint density at radius 2 is 2.08 bits per heavy atom. The molecule has 9 heteroatoms. The van der Waals surface area contributed by atoms with E-state index in [1.807, 2.05) is 12.1 Å². The second-order valence-electron chi connectivity index (χ2n) is 6.68. The first-order valence-electron chi connectivity index (χ1n) is 8.72. The van der Waals surface area contributed by atoms with E-state index in [4.69, 9.17) is 0 Å². The summed E-state index contributed by atoms with van der Waals surface area (Å²) in [6, 6.07) is 3.72. The summed E-state index contributed by atoms with van der Waals surface area (Å²) in [5.74, 6) is 1.36. The zero-order valence-corrected chi connectivity index (χ0v) is 14.1. The summed E-state index contributed by atoms with van der Waals surface area (Å²) in [6.07, 6.45) is 7.05. The Labute approximate surface area is 148 Å². The van der Waals surface area contributed by atoms with Gasteiger partial charge in [-0.1, -0.05) is 0 Å². The van der Waals surface area contributed by atoms with Crippen LogP contribution in [0.2, 0.25) is 0 Å². The van der Waals surface area contributed by atoms with Gasteiger partial charge in [0.2, 0.25) is 0 Å². The van der Waals surface area contributed by atoms with Gasteiger partial charge in [0.25, 0.3) is 0 Å². The second-order valence-corrected chi connectivity index (χ2v) is 6.68. The minimum Gasteiger partial charge on any atom is -0.356 e. The van der Waals surface area contributed by atoms with Crippen LogP contribution in [0.25, 0.3) is 22.2 Å². The molecule has 5 rings (SSSR count). The molecule has 2 N–H and O–H groups in total. The highest BCUT2D eigenvalue weighted by molar-refractivity contribution is 5.86. The van der Waals surface area contributed by atoms with Gasteiger partial charge in [0.1, 0.15) is 12.1 Å². The normalized spacial score (nSPS) is 15.9. The molecule has 5 heterocycles. The Morgan fingerprint density at radius 3 is 2.96 bits per heavy atom. The number of nitrogens with zero attached hydrogens (tertiary/aromatic N) is 6. The molecule has 0 spiro atoms. The Kier molecular flexibility index (Phi) is 3.44. The summed E-state index contributed by atoms with van der Waals surface area (Å²) in [5.41, 5.74) is 2.19. The minimum atomic E-state index is -0.0861. The maximum absolute atomic E-state index is 12.2. The molecular formula is C17H18N8O. The lowest BCUT2D eigenvalue weighted by Crippen LogP contribution is -2.36. The predicted molar refractivity (Wildman–Crippen MR) is 97.0 cm³/mol. The van der Waals surface area contributed by atoms with Gasteiger partial charge in [0.15, 0.2) is 11.3 Å². The molecule has 1 aliphatic rings. The molecule has 0 aliphatic carbocycles. The molecule has 0 atom stereocenters. The van der Waals surface area contributed by atoms with Gasteiger partial charge in [0.05, 0.1) is 17.1 Å². The first-order chi connectivity index (χ1) is 12.8. The smallest absolute Gasteiger partial charge is 0.327 e. The number of pyridine rings is 1. The van der Waals surface area contributed by atoms with E-state index >= 15 is 0 Å². The number of aromatic amines is 2. The number of H-pyrrole nitrogens is 2. The molecule has 1 fully saturated rings. The molecule has 0 amide bonds. The average Bonchev–Trinajstić information content (AvgIpc) is 3.27. The molecule has 0 radical (unpaired) electrons. The van der Waals surface area contributed by atoms with Gasteiger partial charge in [-0.15, -0.1) is 0 Å². The van der Waals surface area contributed by atoms with Crippen LogP contribution >= 0.6 is 0 Å². The van der Waals surface area contributed by atoms with E-state index < -0.39 is 0 Å². The Balaban J connectivity index is 1.34. The molecule has 1 aliphatic heterocycles. The van der Waals surface area contributed by atoms with E-state index in [2.05, 4.69) is 35.0 Å². The van der Waals surface area contributed by atoms with Crippen LogP contribution in [0.15, 0.2) is 35.6 Å².